The molecule has 1 heteroatoms. The summed E-state index contributed by atoms with van der Waals surface area (Å²) >= 11 is 0. The second-order valence-electron chi connectivity index (χ2n) is 1.48. The summed E-state index contributed by atoms with van der Waals surface area (Å²) in [5.41, 5.74) is 0. The van der Waals surface area contributed by atoms with E-state index in [1.165, 1.54) is 0 Å². The molecule has 1 aliphatic carbocycles. The molecule has 0 aliphatic heterocycles. The van der Waals surface area contributed by atoms with Gasteiger partial charge in [0.05, 0.1) is 0 Å². The van der Waals surface area contributed by atoms with Gasteiger partial charge in [0.1, 0.15) is 0 Å². The first-order chi connectivity index (χ1) is 3.50. The van der Waals surface area contributed by atoms with Crippen molar-refractivity contribution in [1.29, 1.82) is 0 Å². The van der Waals surface area contributed by atoms with Gasteiger partial charge in [0.15, 0.2) is 0 Å². The molecule has 0 N–H and O–H groups in total. The maximum absolute atomic E-state index is 2.12. The number of hydrogen-bond donors (Lipinski definition) is 0. The van der Waals surface area contributed by atoms with Gasteiger partial charge in [-0.3, -0.25) is 0 Å². The summed E-state index contributed by atoms with van der Waals surface area (Å²) in [6.07, 6.45) is 13.5. The molecule has 0 amide bonds. The molecular formula is C7H8Mo. The van der Waals surface area contributed by atoms with Crippen LogP contribution in [0.5, 0.6) is 0 Å². The van der Waals surface area contributed by atoms with Crippen LogP contribution in [0.3, 0.4) is 0 Å². The van der Waals surface area contributed by atoms with E-state index in [0.717, 1.165) is 6.42 Å². The van der Waals surface area contributed by atoms with E-state index in [2.05, 4.69) is 24.3 Å². The average molecular weight is 188 g/mol. The molecule has 0 aromatic carbocycles. The molecule has 42 valence electrons. The Morgan fingerprint density at radius 3 is 1.75 bits per heavy atom. The first kappa shape index (κ1) is 7.91. The van der Waals surface area contributed by atoms with Crippen molar-refractivity contribution in [1.82, 2.24) is 0 Å². The van der Waals surface area contributed by atoms with Crippen molar-refractivity contribution in [2.45, 2.75) is 6.42 Å². The SMILES string of the molecule is C1=CC=CCC=C1.[Mo]. The van der Waals surface area contributed by atoms with Crippen LogP contribution in [0.2, 0.25) is 0 Å². The van der Waals surface area contributed by atoms with Crippen LogP contribution in [0.4, 0.5) is 0 Å². The van der Waals surface area contributed by atoms with Gasteiger partial charge in [-0.05, 0) is 6.42 Å². The molecule has 0 fully saturated rings. The standard InChI is InChI=1S/C7H8.Mo/c1-2-4-6-7-5-3-1;/h1-6H,7H2;. The van der Waals surface area contributed by atoms with E-state index in [4.69, 9.17) is 0 Å². The zero-order valence-electron chi connectivity index (χ0n) is 4.58. The molecular weight excluding hydrogens is 180 g/mol. The molecule has 0 bridgehead atoms. The summed E-state index contributed by atoms with van der Waals surface area (Å²) in [5.74, 6) is 0. The molecule has 8 heavy (non-hydrogen) atoms. The van der Waals surface area contributed by atoms with Gasteiger partial charge in [-0.1, -0.05) is 36.5 Å². The molecule has 0 heterocycles. The molecule has 0 unspecified atom stereocenters. The fourth-order valence-corrected chi connectivity index (χ4v) is 0.521. The van der Waals surface area contributed by atoms with E-state index in [1.807, 2.05) is 12.2 Å². The van der Waals surface area contributed by atoms with Crippen molar-refractivity contribution >= 4 is 0 Å². The van der Waals surface area contributed by atoms with Gasteiger partial charge >= 0.3 is 0 Å². The van der Waals surface area contributed by atoms with E-state index in [0.29, 0.717) is 0 Å². The minimum Gasteiger partial charge on any atom is -0.0807 e. The van der Waals surface area contributed by atoms with Crippen LogP contribution in [-0.4, -0.2) is 0 Å². The third-order valence-corrected chi connectivity index (χ3v) is 0.878. The molecule has 0 radical (unpaired) electrons. The predicted octanol–water partition coefficient (Wildman–Crippen LogP) is 2.06. The minimum atomic E-state index is 0. The van der Waals surface area contributed by atoms with Gasteiger partial charge < -0.3 is 0 Å². The van der Waals surface area contributed by atoms with E-state index in [-0.39, 0.29) is 21.1 Å². The smallest absolute Gasteiger partial charge is 0 e. The Morgan fingerprint density at radius 2 is 1.25 bits per heavy atom. The largest absolute Gasteiger partial charge is 0.0807 e. The molecule has 0 aromatic heterocycles. The molecule has 0 spiro atoms. The zero-order chi connectivity index (χ0) is 4.95. The number of allylic oxidation sites excluding steroid dienone is 6. The van der Waals surface area contributed by atoms with E-state index >= 15 is 0 Å². The summed E-state index contributed by atoms with van der Waals surface area (Å²) in [5, 5.41) is 0. The van der Waals surface area contributed by atoms with Crippen LogP contribution >= 0.6 is 0 Å². The zero-order valence-corrected chi connectivity index (χ0v) is 6.59. The normalized spacial score (nSPS) is 15.0. The Morgan fingerprint density at radius 1 is 0.750 bits per heavy atom. The van der Waals surface area contributed by atoms with Crippen molar-refractivity contribution in [3.05, 3.63) is 36.5 Å². The Balaban J connectivity index is 0.000000490. The van der Waals surface area contributed by atoms with Gasteiger partial charge in [-0.25, -0.2) is 0 Å². The third kappa shape index (κ3) is 2.98. The predicted molar refractivity (Wildman–Crippen MR) is 32.0 cm³/mol. The summed E-state index contributed by atoms with van der Waals surface area (Å²) in [6, 6.07) is 0. The van der Waals surface area contributed by atoms with Crippen LogP contribution in [0.1, 0.15) is 6.42 Å². The van der Waals surface area contributed by atoms with Crippen LogP contribution in [-0.2, 0) is 21.1 Å². The topological polar surface area (TPSA) is 0 Å². The maximum Gasteiger partial charge on any atom is 0 e. The first-order valence-electron chi connectivity index (χ1n) is 2.48. The Bertz CT molecular complexity index is 106. The van der Waals surface area contributed by atoms with E-state index < -0.39 is 0 Å². The number of rotatable bonds is 0. The maximum atomic E-state index is 2.12. The number of hydrogen-bond acceptors (Lipinski definition) is 0. The first-order valence-corrected chi connectivity index (χ1v) is 2.48. The second kappa shape index (κ2) is 5.05. The minimum absolute atomic E-state index is 0. The molecule has 0 nitrogen and oxygen atoms in total. The van der Waals surface area contributed by atoms with Crippen molar-refractivity contribution in [3.8, 4) is 0 Å². The van der Waals surface area contributed by atoms with Crippen molar-refractivity contribution in [2.24, 2.45) is 0 Å². The summed E-state index contributed by atoms with van der Waals surface area (Å²) in [4.78, 5) is 0. The molecule has 0 atom stereocenters. The molecule has 0 saturated carbocycles. The Labute approximate surface area is 64.2 Å². The van der Waals surface area contributed by atoms with Crippen LogP contribution in [0, 0.1) is 0 Å². The monoisotopic (exact) mass is 190 g/mol. The Kier molecular flexibility index (Phi) is 5.00. The van der Waals surface area contributed by atoms with Crippen molar-refractivity contribution in [3.63, 3.8) is 0 Å². The molecule has 1 rings (SSSR count). The van der Waals surface area contributed by atoms with Gasteiger partial charge in [-0.2, -0.15) is 0 Å². The van der Waals surface area contributed by atoms with Gasteiger partial charge in [0, 0.05) is 21.1 Å². The fraction of sp³-hybridized carbons (Fsp3) is 0.143. The molecule has 1 aliphatic rings. The molecule has 0 aromatic rings. The fourth-order valence-electron chi connectivity index (χ4n) is 0.521. The quantitative estimate of drug-likeness (QED) is 0.510. The van der Waals surface area contributed by atoms with Gasteiger partial charge in [0.2, 0.25) is 0 Å². The Hall–Kier alpha value is -0.0917. The van der Waals surface area contributed by atoms with Crippen LogP contribution in [0.25, 0.3) is 0 Å². The van der Waals surface area contributed by atoms with Gasteiger partial charge in [-0.15, -0.1) is 0 Å². The summed E-state index contributed by atoms with van der Waals surface area (Å²) in [7, 11) is 0. The summed E-state index contributed by atoms with van der Waals surface area (Å²) < 4.78 is 0. The van der Waals surface area contributed by atoms with E-state index in [1.54, 1.807) is 0 Å². The molecule has 0 saturated heterocycles. The van der Waals surface area contributed by atoms with Gasteiger partial charge in [0.25, 0.3) is 0 Å². The average Bonchev–Trinajstić information content (AvgIpc) is 1.90. The van der Waals surface area contributed by atoms with E-state index in [9.17, 15) is 0 Å². The third-order valence-electron chi connectivity index (χ3n) is 0.878. The van der Waals surface area contributed by atoms with Crippen LogP contribution in [0.15, 0.2) is 36.5 Å². The van der Waals surface area contributed by atoms with Crippen molar-refractivity contribution < 1.29 is 21.1 Å². The van der Waals surface area contributed by atoms with Crippen molar-refractivity contribution in [2.75, 3.05) is 0 Å². The van der Waals surface area contributed by atoms with Crippen LogP contribution < -0.4 is 0 Å². The summed E-state index contributed by atoms with van der Waals surface area (Å²) in [6.45, 7) is 0. The second-order valence-corrected chi connectivity index (χ2v) is 1.48.